The lowest BCUT2D eigenvalue weighted by atomic mass is 10.2. The predicted octanol–water partition coefficient (Wildman–Crippen LogP) is 5.12. The Morgan fingerprint density at radius 3 is 2.14 bits per heavy atom. The van der Waals surface area contributed by atoms with E-state index in [4.69, 9.17) is 16.3 Å². The monoisotopic (exact) mass is 394 g/mol. The number of hydrogen-bond donors (Lipinski definition) is 1. The van der Waals surface area contributed by atoms with Crippen molar-refractivity contribution in [2.24, 2.45) is 0 Å². The van der Waals surface area contributed by atoms with Gasteiger partial charge >= 0.3 is 0 Å². The Morgan fingerprint density at radius 2 is 1.50 bits per heavy atom. The highest BCUT2D eigenvalue weighted by Crippen LogP contribution is 2.26. The average molecular weight is 395 g/mol. The van der Waals surface area contributed by atoms with Gasteiger partial charge in [-0.2, -0.15) is 0 Å². The van der Waals surface area contributed by atoms with E-state index in [1.807, 2.05) is 30.3 Å². The third-order valence-electron chi connectivity index (χ3n) is 3.94. The quantitative estimate of drug-likeness (QED) is 0.631. The molecule has 5 nitrogen and oxygen atoms in total. The molecule has 6 heteroatoms. The highest BCUT2D eigenvalue weighted by atomic mass is 35.5. The molecule has 0 saturated heterocycles. The zero-order valence-corrected chi connectivity index (χ0v) is 16.0. The van der Waals surface area contributed by atoms with Gasteiger partial charge in [0.1, 0.15) is 18.0 Å². The first-order valence-electron chi connectivity index (χ1n) is 8.68. The van der Waals surface area contributed by atoms with Gasteiger partial charge in [0.05, 0.1) is 10.7 Å². The molecule has 2 amide bonds. The molecule has 0 fully saturated rings. The summed E-state index contributed by atoms with van der Waals surface area (Å²) in [7, 11) is 0. The number of carbonyl (C=O) groups excluding carboxylic acids is 2. The van der Waals surface area contributed by atoms with Crippen LogP contribution in [0.25, 0.3) is 0 Å². The number of carbonyl (C=O) groups is 2. The van der Waals surface area contributed by atoms with Gasteiger partial charge < -0.3 is 15.0 Å². The van der Waals surface area contributed by atoms with Gasteiger partial charge in [-0.05, 0) is 48.5 Å². The molecule has 28 heavy (non-hydrogen) atoms. The Morgan fingerprint density at radius 1 is 0.893 bits per heavy atom. The number of benzene rings is 3. The van der Waals surface area contributed by atoms with E-state index >= 15 is 0 Å². The van der Waals surface area contributed by atoms with Crippen molar-refractivity contribution < 1.29 is 14.3 Å². The van der Waals surface area contributed by atoms with Gasteiger partial charge in [0.25, 0.3) is 0 Å². The summed E-state index contributed by atoms with van der Waals surface area (Å²) in [6, 6.07) is 23.3. The van der Waals surface area contributed by atoms with Gasteiger partial charge in [-0.15, -0.1) is 0 Å². The van der Waals surface area contributed by atoms with Crippen LogP contribution in [0.1, 0.15) is 6.92 Å². The molecule has 142 valence electrons. The fourth-order valence-corrected chi connectivity index (χ4v) is 2.85. The Balaban J connectivity index is 1.63. The summed E-state index contributed by atoms with van der Waals surface area (Å²) in [5.74, 6) is 0.795. The maximum absolute atomic E-state index is 12.4. The highest BCUT2D eigenvalue weighted by molar-refractivity contribution is 6.33. The summed E-state index contributed by atoms with van der Waals surface area (Å²) in [5, 5.41) is 3.19. The van der Waals surface area contributed by atoms with Crippen molar-refractivity contribution in [3.8, 4) is 11.5 Å². The van der Waals surface area contributed by atoms with Crippen molar-refractivity contribution in [1.82, 2.24) is 0 Å². The minimum absolute atomic E-state index is 0.138. The molecule has 0 saturated carbocycles. The normalized spacial score (nSPS) is 10.2. The molecule has 3 aromatic rings. The zero-order chi connectivity index (χ0) is 19.9. The molecule has 3 aromatic carbocycles. The Hall–Kier alpha value is -3.31. The van der Waals surface area contributed by atoms with Crippen molar-refractivity contribution in [3.63, 3.8) is 0 Å². The number of ether oxygens (including phenoxy) is 1. The van der Waals surface area contributed by atoms with Crippen molar-refractivity contribution in [1.29, 1.82) is 0 Å². The van der Waals surface area contributed by atoms with Crippen LogP contribution in [-0.2, 0) is 9.59 Å². The zero-order valence-electron chi connectivity index (χ0n) is 15.3. The van der Waals surface area contributed by atoms with Gasteiger partial charge in [0, 0.05) is 12.6 Å². The smallest absolute Gasteiger partial charge is 0.244 e. The number of rotatable bonds is 6. The molecule has 0 bridgehead atoms. The minimum atomic E-state index is -0.327. The second-order valence-corrected chi connectivity index (χ2v) is 6.45. The van der Waals surface area contributed by atoms with Crippen LogP contribution < -0.4 is 15.0 Å². The Kier molecular flexibility index (Phi) is 6.29. The van der Waals surface area contributed by atoms with E-state index in [1.165, 1.54) is 11.8 Å². The lowest BCUT2D eigenvalue weighted by molar-refractivity contribution is -0.120. The van der Waals surface area contributed by atoms with Crippen LogP contribution in [0.3, 0.4) is 0 Å². The molecule has 0 unspecified atom stereocenters. The first kappa shape index (κ1) is 19.5. The maximum atomic E-state index is 12.4. The standard InChI is InChI=1S/C22H19ClN2O3/c1-16(26)25(21-10-6-5-9-20(21)23)15-22(27)24-17-11-13-19(14-12-17)28-18-7-3-2-4-8-18/h2-14H,15H2,1H3,(H,24,27). The largest absolute Gasteiger partial charge is 0.457 e. The van der Waals surface area contributed by atoms with E-state index in [0.29, 0.717) is 22.1 Å². The summed E-state index contributed by atoms with van der Waals surface area (Å²) in [5.41, 5.74) is 1.10. The molecule has 0 radical (unpaired) electrons. The highest BCUT2D eigenvalue weighted by Gasteiger charge is 2.18. The van der Waals surface area contributed by atoms with Crippen molar-refractivity contribution >= 4 is 34.8 Å². The third-order valence-corrected chi connectivity index (χ3v) is 4.26. The van der Waals surface area contributed by atoms with Crippen molar-refractivity contribution in [3.05, 3.63) is 83.9 Å². The number of anilines is 2. The van der Waals surface area contributed by atoms with Crippen LogP contribution in [0, 0.1) is 0 Å². The lowest BCUT2D eigenvalue weighted by Crippen LogP contribution is -2.36. The minimum Gasteiger partial charge on any atom is -0.457 e. The van der Waals surface area contributed by atoms with Crippen LogP contribution in [-0.4, -0.2) is 18.4 Å². The fourth-order valence-electron chi connectivity index (χ4n) is 2.61. The van der Waals surface area contributed by atoms with E-state index in [2.05, 4.69) is 5.32 Å². The topological polar surface area (TPSA) is 58.6 Å². The van der Waals surface area contributed by atoms with Gasteiger partial charge in [-0.1, -0.05) is 41.9 Å². The summed E-state index contributed by atoms with van der Waals surface area (Å²) >= 11 is 6.15. The first-order chi connectivity index (χ1) is 13.5. The molecule has 0 aliphatic carbocycles. The van der Waals surface area contributed by atoms with Crippen LogP contribution in [0.15, 0.2) is 78.9 Å². The van der Waals surface area contributed by atoms with E-state index < -0.39 is 0 Å². The summed E-state index contributed by atoms with van der Waals surface area (Å²) in [4.78, 5) is 25.7. The molecule has 1 N–H and O–H groups in total. The molecular weight excluding hydrogens is 376 g/mol. The van der Waals surface area contributed by atoms with Crippen LogP contribution in [0.4, 0.5) is 11.4 Å². The van der Waals surface area contributed by atoms with Crippen LogP contribution in [0.2, 0.25) is 5.02 Å². The summed E-state index contributed by atoms with van der Waals surface area (Å²) in [6.45, 7) is 1.26. The maximum Gasteiger partial charge on any atom is 0.244 e. The molecule has 0 aliphatic rings. The summed E-state index contributed by atoms with van der Waals surface area (Å²) < 4.78 is 5.73. The molecule has 0 aliphatic heterocycles. The van der Waals surface area contributed by atoms with Crippen molar-refractivity contribution in [2.75, 3.05) is 16.8 Å². The van der Waals surface area contributed by atoms with Gasteiger partial charge in [-0.25, -0.2) is 0 Å². The molecule has 0 spiro atoms. The van der Waals surface area contributed by atoms with Crippen LogP contribution >= 0.6 is 11.6 Å². The SMILES string of the molecule is CC(=O)N(CC(=O)Nc1ccc(Oc2ccccc2)cc1)c1ccccc1Cl. The van der Waals surface area contributed by atoms with Crippen molar-refractivity contribution in [2.45, 2.75) is 6.92 Å². The number of amides is 2. The first-order valence-corrected chi connectivity index (χ1v) is 9.06. The molecule has 0 aromatic heterocycles. The number of hydrogen-bond acceptors (Lipinski definition) is 3. The number of nitrogens with zero attached hydrogens (tertiary/aromatic N) is 1. The van der Waals surface area contributed by atoms with Gasteiger partial charge in [0.2, 0.25) is 11.8 Å². The summed E-state index contributed by atoms with van der Waals surface area (Å²) in [6.07, 6.45) is 0. The third kappa shape index (κ3) is 5.11. The molecular formula is C22H19ClN2O3. The average Bonchev–Trinajstić information content (AvgIpc) is 2.69. The lowest BCUT2D eigenvalue weighted by Gasteiger charge is -2.21. The van der Waals surface area contributed by atoms with Crippen LogP contribution in [0.5, 0.6) is 11.5 Å². The van der Waals surface area contributed by atoms with E-state index in [-0.39, 0.29) is 18.4 Å². The van der Waals surface area contributed by atoms with E-state index in [0.717, 1.165) is 5.75 Å². The number of halogens is 1. The number of para-hydroxylation sites is 2. The second-order valence-electron chi connectivity index (χ2n) is 6.04. The Labute approximate surface area is 168 Å². The fraction of sp³-hybridized carbons (Fsp3) is 0.0909. The molecule has 0 atom stereocenters. The molecule has 3 rings (SSSR count). The number of nitrogens with one attached hydrogen (secondary N) is 1. The van der Waals surface area contributed by atoms with E-state index in [9.17, 15) is 9.59 Å². The van der Waals surface area contributed by atoms with Gasteiger partial charge in [-0.3, -0.25) is 9.59 Å². The Bertz CT molecular complexity index is 959. The van der Waals surface area contributed by atoms with Gasteiger partial charge in [0.15, 0.2) is 0 Å². The van der Waals surface area contributed by atoms with E-state index in [1.54, 1.807) is 48.5 Å². The molecule has 0 heterocycles. The second kappa shape index (κ2) is 9.06. The predicted molar refractivity (Wildman–Crippen MR) is 111 cm³/mol.